The Labute approximate surface area is 179 Å². The first-order valence-corrected chi connectivity index (χ1v) is 11.1. The van der Waals surface area contributed by atoms with Gasteiger partial charge in [-0.05, 0) is 24.8 Å². The van der Waals surface area contributed by atoms with Crippen LogP contribution in [0.5, 0.6) is 0 Å². The Morgan fingerprint density at radius 2 is 2.20 bits per heavy atom. The average molecular weight is 427 g/mol. The number of nitrogens with zero attached hydrogens (tertiary/aromatic N) is 2. The summed E-state index contributed by atoms with van der Waals surface area (Å²) in [7, 11) is 1.65. The Balaban J connectivity index is 1.55. The number of carbonyl (C=O) groups excluding carboxylic acids is 1. The summed E-state index contributed by atoms with van der Waals surface area (Å²) in [5, 5.41) is 4.98. The number of anilines is 1. The predicted octanol–water partition coefficient (Wildman–Crippen LogP) is 3.02. The van der Waals surface area contributed by atoms with Crippen molar-refractivity contribution in [3.63, 3.8) is 0 Å². The van der Waals surface area contributed by atoms with Crippen LogP contribution in [0.2, 0.25) is 0 Å². The van der Waals surface area contributed by atoms with Gasteiger partial charge in [0.15, 0.2) is 0 Å². The van der Waals surface area contributed by atoms with Crippen LogP contribution in [0.15, 0.2) is 40.5 Å². The van der Waals surface area contributed by atoms with Gasteiger partial charge in [-0.2, -0.15) is 0 Å². The first-order chi connectivity index (χ1) is 14.7. The maximum absolute atomic E-state index is 12.7. The molecule has 3 aromatic rings. The monoisotopic (exact) mass is 426 g/mol. The van der Waals surface area contributed by atoms with E-state index < -0.39 is 0 Å². The molecule has 1 aliphatic rings. The van der Waals surface area contributed by atoms with E-state index >= 15 is 0 Å². The third-order valence-electron chi connectivity index (χ3n) is 5.42. The number of carbonyl (C=O) groups is 1. The smallest absolute Gasteiger partial charge is 0.270 e. The van der Waals surface area contributed by atoms with Crippen molar-refractivity contribution >= 4 is 33.4 Å². The maximum Gasteiger partial charge on any atom is 0.270 e. The summed E-state index contributed by atoms with van der Waals surface area (Å²) in [5.74, 6) is 0.484. The highest BCUT2D eigenvalue weighted by Crippen LogP contribution is 2.32. The largest absolute Gasteiger partial charge is 0.385 e. The van der Waals surface area contributed by atoms with Gasteiger partial charge in [0.1, 0.15) is 4.70 Å². The van der Waals surface area contributed by atoms with E-state index in [0.29, 0.717) is 30.3 Å². The van der Waals surface area contributed by atoms with E-state index in [0.717, 1.165) is 42.5 Å². The van der Waals surface area contributed by atoms with Gasteiger partial charge in [-0.25, -0.2) is 4.98 Å². The average Bonchev–Trinajstić information content (AvgIpc) is 3.22. The molecule has 1 saturated heterocycles. The van der Waals surface area contributed by atoms with Gasteiger partial charge in [-0.3, -0.25) is 14.6 Å². The van der Waals surface area contributed by atoms with Crippen molar-refractivity contribution in [2.24, 2.45) is 5.92 Å². The second kappa shape index (κ2) is 9.40. The molecule has 0 radical (unpaired) electrons. The maximum atomic E-state index is 12.7. The summed E-state index contributed by atoms with van der Waals surface area (Å²) in [5.41, 5.74) is 2.59. The van der Waals surface area contributed by atoms with Crippen LogP contribution in [0.1, 0.15) is 19.3 Å². The van der Waals surface area contributed by atoms with Crippen molar-refractivity contribution in [2.75, 3.05) is 38.3 Å². The number of benzene rings is 1. The lowest BCUT2D eigenvalue weighted by atomic mass is 9.97. The van der Waals surface area contributed by atoms with Crippen LogP contribution in [-0.2, 0) is 9.53 Å². The Morgan fingerprint density at radius 1 is 1.37 bits per heavy atom. The number of nitrogens with one attached hydrogen (secondary N) is 2. The zero-order valence-corrected chi connectivity index (χ0v) is 17.8. The Hall–Kier alpha value is -2.71. The number of aromatic amines is 1. The molecule has 0 unspecified atom stereocenters. The van der Waals surface area contributed by atoms with Gasteiger partial charge >= 0.3 is 0 Å². The number of methoxy groups -OCH3 is 1. The first kappa shape index (κ1) is 20.6. The van der Waals surface area contributed by atoms with E-state index in [1.165, 1.54) is 11.3 Å². The number of amides is 1. The number of ether oxygens (including phenoxy) is 1. The minimum absolute atomic E-state index is 0.0553. The molecule has 1 fully saturated rings. The molecule has 3 heterocycles. The third-order valence-corrected chi connectivity index (χ3v) is 6.38. The Bertz CT molecular complexity index is 1060. The second-order valence-electron chi connectivity index (χ2n) is 7.51. The van der Waals surface area contributed by atoms with Crippen molar-refractivity contribution in [3.05, 3.63) is 46.1 Å². The molecule has 0 saturated carbocycles. The number of hydrogen-bond acceptors (Lipinski definition) is 6. The molecule has 30 heavy (non-hydrogen) atoms. The first-order valence-electron chi connectivity index (χ1n) is 10.3. The standard InChI is InChI=1S/C22H26N4O3S/c1-29-12-6-10-23-20(27)16-9-5-11-26(13-16)22-24-18-17(15-7-3-2-4-8-15)14-30-19(18)21(28)25-22/h2-4,7-8,14,16H,5-6,9-13H2,1H3,(H,23,27)(H,24,25,28)/t16-/m1/s1. The molecule has 158 valence electrons. The Morgan fingerprint density at radius 3 is 3.00 bits per heavy atom. The second-order valence-corrected chi connectivity index (χ2v) is 8.38. The number of hydrogen-bond donors (Lipinski definition) is 2. The molecule has 8 heteroatoms. The van der Waals surface area contributed by atoms with E-state index in [1.54, 1.807) is 7.11 Å². The van der Waals surface area contributed by atoms with Gasteiger partial charge in [-0.15, -0.1) is 11.3 Å². The number of fused-ring (bicyclic) bond motifs is 1. The number of H-pyrrole nitrogens is 1. The summed E-state index contributed by atoms with van der Waals surface area (Å²) in [4.78, 5) is 35.0. The van der Waals surface area contributed by atoms with Gasteiger partial charge in [-0.1, -0.05) is 30.3 Å². The van der Waals surface area contributed by atoms with Crippen LogP contribution in [0.4, 0.5) is 5.95 Å². The highest BCUT2D eigenvalue weighted by molar-refractivity contribution is 7.17. The normalized spacial score (nSPS) is 16.7. The fourth-order valence-electron chi connectivity index (χ4n) is 3.84. The lowest BCUT2D eigenvalue weighted by molar-refractivity contribution is -0.125. The van der Waals surface area contributed by atoms with E-state index in [4.69, 9.17) is 9.72 Å². The molecule has 0 bridgehead atoms. The van der Waals surface area contributed by atoms with Crippen LogP contribution in [0.3, 0.4) is 0 Å². The number of thiophene rings is 1. The van der Waals surface area contributed by atoms with Crippen molar-refractivity contribution in [2.45, 2.75) is 19.3 Å². The highest BCUT2D eigenvalue weighted by Gasteiger charge is 2.27. The lowest BCUT2D eigenvalue weighted by Crippen LogP contribution is -2.44. The molecule has 2 aromatic heterocycles. The minimum atomic E-state index is -0.131. The molecule has 0 spiro atoms. The van der Waals surface area contributed by atoms with Crippen LogP contribution < -0.4 is 15.8 Å². The van der Waals surface area contributed by atoms with E-state index in [9.17, 15) is 9.59 Å². The number of piperidine rings is 1. The van der Waals surface area contributed by atoms with Gasteiger partial charge in [0, 0.05) is 44.3 Å². The van der Waals surface area contributed by atoms with E-state index in [-0.39, 0.29) is 17.4 Å². The van der Waals surface area contributed by atoms with Crippen molar-refractivity contribution in [1.29, 1.82) is 0 Å². The van der Waals surface area contributed by atoms with E-state index in [1.807, 2.05) is 40.6 Å². The van der Waals surface area contributed by atoms with Crippen LogP contribution in [0, 0.1) is 5.92 Å². The summed E-state index contributed by atoms with van der Waals surface area (Å²) < 4.78 is 5.65. The molecule has 4 rings (SSSR count). The fraction of sp³-hybridized carbons (Fsp3) is 0.409. The van der Waals surface area contributed by atoms with Crippen LogP contribution in [-0.4, -0.2) is 49.2 Å². The quantitative estimate of drug-likeness (QED) is 0.567. The summed E-state index contributed by atoms with van der Waals surface area (Å²) >= 11 is 1.41. The molecule has 1 aliphatic heterocycles. The van der Waals surface area contributed by atoms with Crippen LogP contribution in [0.25, 0.3) is 21.3 Å². The zero-order chi connectivity index (χ0) is 20.9. The summed E-state index contributed by atoms with van der Waals surface area (Å²) in [6.45, 7) is 2.56. The molecule has 0 aliphatic carbocycles. The van der Waals surface area contributed by atoms with Crippen molar-refractivity contribution < 1.29 is 9.53 Å². The number of rotatable bonds is 7. The summed E-state index contributed by atoms with van der Waals surface area (Å²) in [6, 6.07) is 9.97. The van der Waals surface area contributed by atoms with Gasteiger partial charge in [0.25, 0.3) is 5.56 Å². The lowest BCUT2D eigenvalue weighted by Gasteiger charge is -2.32. The molecule has 7 nitrogen and oxygen atoms in total. The fourth-order valence-corrected chi connectivity index (χ4v) is 4.75. The molecule has 1 aromatic carbocycles. The summed E-state index contributed by atoms with van der Waals surface area (Å²) in [6.07, 6.45) is 2.52. The SMILES string of the molecule is COCCCNC(=O)[C@@H]1CCCN(c2nc3c(-c4ccccc4)csc3c(=O)[nH]2)C1. The van der Waals surface area contributed by atoms with E-state index in [2.05, 4.69) is 10.3 Å². The van der Waals surface area contributed by atoms with Crippen molar-refractivity contribution in [3.8, 4) is 11.1 Å². The Kier molecular flexibility index (Phi) is 6.44. The molecule has 2 N–H and O–H groups in total. The molecular weight excluding hydrogens is 400 g/mol. The predicted molar refractivity (Wildman–Crippen MR) is 120 cm³/mol. The van der Waals surface area contributed by atoms with Crippen molar-refractivity contribution in [1.82, 2.24) is 15.3 Å². The topological polar surface area (TPSA) is 87.3 Å². The van der Waals surface area contributed by atoms with Gasteiger partial charge in [0.2, 0.25) is 11.9 Å². The minimum Gasteiger partial charge on any atom is -0.385 e. The number of aromatic nitrogens is 2. The molecule has 1 atom stereocenters. The zero-order valence-electron chi connectivity index (χ0n) is 17.0. The third kappa shape index (κ3) is 4.39. The van der Waals surface area contributed by atoms with Crippen LogP contribution >= 0.6 is 11.3 Å². The van der Waals surface area contributed by atoms with Gasteiger partial charge in [0.05, 0.1) is 11.4 Å². The molecule has 1 amide bonds. The highest BCUT2D eigenvalue weighted by atomic mass is 32.1. The molecular formula is C22H26N4O3S. The van der Waals surface area contributed by atoms with Gasteiger partial charge < -0.3 is 15.0 Å².